The molecule has 4 fully saturated rings. The zero-order valence-electron chi connectivity index (χ0n) is 31.7. The molecule has 5 atom stereocenters. The largest absolute Gasteiger partial charge is 0.472 e. The maximum Gasteiger partial charge on any atom is 0.272 e. The Bertz CT molecular complexity index is 2560. The number of halogens is 2. The van der Waals surface area contributed by atoms with Crippen LogP contribution in [-0.4, -0.2) is 87.5 Å². The van der Waals surface area contributed by atoms with Gasteiger partial charge in [-0.05, 0) is 98.3 Å². The van der Waals surface area contributed by atoms with Crippen LogP contribution >= 0.6 is 0 Å². The molecule has 55 heavy (non-hydrogen) atoms. The Labute approximate surface area is 318 Å². The number of nitrogens with zero attached hydrogens (tertiary/aromatic N) is 7. The number of hydrogen-bond donors (Lipinski definition) is 1. The summed E-state index contributed by atoms with van der Waals surface area (Å²) >= 11 is 0. The van der Waals surface area contributed by atoms with Crippen LogP contribution in [0.25, 0.3) is 55.0 Å². The highest BCUT2D eigenvalue weighted by Gasteiger charge is 2.49. The summed E-state index contributed by atoms with van der Waals surface area (Å²) in [4.78, 5) is 22.6. The van der Waals surface area contributed by atoms with Crippen LogP contribution < -0.4 is 10.1 Å². The number of rotatable bonds is 9. The van der Waals surface area contributed by atoms with E-state index in [1.165, 1.54) is 12.1 Å². The third kappa shape index (κ3) is 5.58. The summed E-state index contributed by atoms with van der Waals surface area (Å²) in [5.41, 5.74) is 4.28. The Morgan fingerprint density at radius 3 is 2.65 bits per heavy atom. The summed E-state index contributed by atoms with van der Waals surface area (Å²) in [6.45, 7) is 3.87. The van der Waals surface area contributed by atoms with E-state index in [1.54, 1.807) is 49.1 Å². The highest BCUT2D eigenvalue weighted by molar-refractivity contribution is 6.12. The smallest absolute Gasteiger partial charge is 0.272 e. The minimum Gasteiger partial charge on any atom is -0.472 e. The SMILES string of the molecule is CC(Oc1nc2c(F)c(-c3cccc4ccc(F)cc34)c(CCC#N)cc2c2c1cc(-c1cnn(C)c1C(=O)N(C)C)n2[C@H]1[C@H]2CN[C@@H]1C2)C1CCCN1C. The third-order valence-corrected chi connectivity index (χ3v) is 12.3. The molecule has 3 aliphatic heterocycles. The van der Waals surface area contributed by atoms with E-state index in [2.05, 4.69) is 33.0 Å². The first-order valence-electron chi connectivity index (χ1n) is 19.2. The summed E-state index contributed by atoms with van der Waals surface area (Å²) in [5.74, 6) is -0.501. The number of carbonyl (C=O) groups excluding carboxylic acids is 1. The van der Waals surface area contributed by atoms with E-state index in [0.29, 0.717) is 50.5 Å². The highest BCUT2D eigenvalue weighted by Crippen LogP contribution is 2.51. The lowest BCUT2D eigenvalue weighted by molar-refractivity contribution is 0.0817. The number of ether oxygens (including phenoxy) is 1. The van der Waals surface area contributed by atoms with E-state index in [4.69, 9.17) is 9.72 Å². The van der Waals surface area contributed by atoms with Gasteiger partial charge in [0.2, 0.25) is 5.88 Å². The number of nitriles is 1. The van der Waals surface area contributed by atoms with Gasteiger partial charge in [0.1, 0.15) is 23.1 Å². The number of carbonyl (C=O) groups is 1. The Morgan fingerprint density at radius 1 is 1.11 bits per heavy atom. The third-order valence-electron chi connectivity index (χ3n) is 12.3. The van der Waals surface area contributed by atoms with Crippen molar-refractivity contribution in [3.05, 3.63) is 77.6 Å². The molecule has 6 aromatic rings. The molecule has 2 bridgehead atoms. The molecule has 1 saturated carbocycles. The van der Waals surface area contributed by atoms with Gasteiger partial charge in [-0.2, -0.15) is 10.4 Å². The number of aromatic nitrogens is 4. The predicted molar refractivity (Wildman–Crippen MR) is 209 cm³/mol. The lowest BCUT2D eigenvalue weighted by atomic mass is 9.79. The summed E-state index contributed by atoms with van der Waals surface area (Å²) < 4.78 is 43.4. The quantitative estimate of drug-likeness (QED) is 0.167. The molecule has 2 unspecified atom stereocenters. The number of pyridine rings is 1. The summed E-state index contributed by atoms with van der Waals surface area (Å²) in [7, 11) is 7.32. The average molecular weight is 743 g/mol. The predicted octanol–water partition coefficient (Wildman–Crippen LogP) is 7.24. The van der Waals surface area contributed by atoms with E-state index in [0.717, 1.165) is 54.3 Å². The normalized spacial score (nSPS) is 21.3. The number of hydrogen-bond acceptors (Lipinski definition) is 7. The molecule has 1 N–H and O–H groups in total. The van der Waals surface area contributed by atoms with Crippen LogP contribution in [0.5, 0.6) is 5.88 Å². The van der Waals surface area contributed by atoms with Crippen molar-refractivity contribution in [3.63, 3.8) is 0 Å². The van der Waals surface area contributed by atoms with Crippen molar-refractivity contribution >= 4 is 38.5 Å². The fraction of sp³-hybridized carbons (Fsp3) is 0.395. The summed E-state index contributed by atoms with van der Waals surface area (Å²) in [6, 6.07) is 16.7. The lowest BCUT2D eigenvalue weighted by Crippen LogP contribution is -2.39. The molecule has 6 heterocycles. The second-order valence-electron chi connectivity index (χ2n) is 15.8. The van der Waals surface area contributed by atoms with E-state index < -0.39 is 11.6 Å². The molecule has 10 nitrogen and oxygen atoms in total. The first-order chi connectivity index (χ1) is 26.5. The first-order valence-corrected chi connectivity index (χ1v) is 19.2. The maximum absolute atomic E-state index is 17.9. The Balaban J connectivity index is 1.39. The fourth-order valence-corrected chi connectivity index (χ4v) is 9.57. The second kappa shape index (κ2) is 13.4. The number of amides is 1. The van der Waals surface area contributed by atoms with Gasteiger partial charge in [0, 0.05) is 62.7 Å². The highest BCUT2D eigenvalue weighted by atomic mass is 19.1. The summed E-state index contributed by atoms with van der Waals surface area (Å²) in [6.07, 6.45) is 4.98. The molecule has 12 heteroatoms. The lowest BCUT2D eigenvalue weighted by Gasteiger charge is -2.38. The van der Waals surface area contributed by atoms with Gasteiger partial charge in [-0.25, -0.2) is 13.8 Å². The van der Waals surface area contributed by atoms with Gasteiger partial charge < -0.3 is 19.5 Å². The van der Waals surface area contributed by atoms with Gasteiger partial charge in [0.25, 0.3) is 5.91 Å². The Kier molecular flexibility index (Phi) is 8.62. The molecular formula is C43H44F2N8O2. The van der Waals surface area contributed by atoms with Gasteiger partial charge in [0.05, 0.1) is 34.9 Å². The molecule has 1 aliphatic carbocycles. The number of aryl methyl sites for hydroxylation is 2. The number of likely N-dealkylation sites (N-methyl/N-ethyl adjacent to an activating group) is 1. The van der Waals surface area contributed by atoms with Crippen molar-refractivity contribution in [1.29, 1.82) is 5.26 Å². The number of likely N-dealkylation sites (tertiary alicyclic amines) is 1. The van der Waals surface area contributed by atoms with Gasteiger partial charge in [-0.15, -0.1) is 0 Å². The van der Waals surface area contributed by atoms with Crippen molar-refractivity contribution in [2.24, 2.45) is 13.0 Å². The standard InChI is InChI=1S/C43H44F2N8O2/c1-23(34-12-8-16-51(34)4)55-42-31-20-35(32-22-48-52(5)41(32)43(54)50(2)3)53(39-26-18-33(39)47-21-26)40(31)30-17-25(10-7-15-46)36(37(45)38(30)49-42)28-11-6-9-24-13-14-27(44)19-29(24)28/h6,9,11,13-14,17,19-20,22-23,26,33-34,39,47H,7-8,10,12,16,18,21H2,1-5H3/t23?,26-,33-,34?,39+/m1/s1. The van der Waals surface area contributed by atoms with Gasteiger partial charge in [-0.1, -0.05) is 24.3 Å². The number of benzene rings is 3. The van der Waals surface area contributed by atoms with E-state index in [-0.39, 0.29) is 48.5 Å². The zero-order chi connectivity index (χ0) is 38.3. The van der Waals surface area contributed by atoms with Crippen LogP contribution in [0.3, 0.4) is 0 Å². The van der Waals surface area contributed by atoms with Gasteiger partial charge >= 0.3 is 0 Å². The summed E-state index contributed by atoms with van der Waals surface area (Å²) in [5, 5.41) is 20.7. The van der Waals surface area contributed by atoms with Gasteiger partial charge in [-0.3, -0.25) is 14.4 Å². The molecule has 0 spiro atoms. The average Bonchev–Trinajstić information content (AvgIpc) is 4.01. The first kappa shape index (κ1) is 35.3. The van der Waals surface area contributed by atoms with Crippen LogP contribution in [-0.2, 0) is 13.5 Å². The fourth-order valence-electron chi connectivity index (χ4n) is 9.57. The Morgan fingerprint density at radius 2 is 1.95 bits per heavy atom. The van der Waals surface area contributed by atoms with Crippen molar-refractivity contribution < 1.29 is 18.3 Å². The minimum atomic E-state index is -0.548. The molecule has 3 aromatic carbocycles. The van der Waals surface area contributed by atoms with Crippen molar-refractivity contribution in [3.8, 4) is 34.3 Å². The zero-order valence-corrected chi connectivity index (χ0v) is 31.7. The van der Waals surface area contributed by atoms with Crippen LogP contribution in [0.4, 0.5) is 8.78 Å². The molecule has 3 saturated heterocycles. The van der Waals surface area contributed by atoms with Crippen molar-refractivity contribution in [1.82, 2.24) is 34.4 Å². The van der Waals surface area contributed by atoms with Crippen LogP contribution in [0.1, 0.15) is 54.7 Å². The molecule has 0 radical (unpaired) electrons. The van der Waals surface area contributed by atoms with Crippen LogP contribution in [0.2, 0.25) is 0 Å². The number of nitrogens with one attached hydrogen (secondary N) is 1. The maximum atomic E-state index is 17.9. The Hall–Kier alpha value is -5.38. The van der Waals surface area contributed by atoms with Crippen molar-refractivity contribution in [2.45, 2.75) is 63.3 Å². The van der Waals surface area contributed by atoms with E-state index in [9.17, 15) is 14.4 Å². The number of fused-ring (bicyclic) bond motifs is 5. The van der Waals surface area contributed by atoms with E-state index in [1.807, 2.05) is 31.2 Å². The molecule has 4 aliphatic rings. The molecule has 3 aromatic heterocycles. The monoisotopic (exact) mass is 742 g/mol. The molecule has 10 rings (SSSR count). The van der Waals surface area contributed by atoms with Crippen LogP contribution in [0, 0.1) is 28.9 Å². The van der Waals surface area contributed by atoms with Crippen molar-refractivity contribution in [2.75, 3.05) is 34.2 Å². The molecule has 1 amide bonds. The topological polar surface area (TPSA) is 104 Å². The van der Waals surface area contributed by atoms with E-state index >= 15 is 4.39 Å². The second-order valence-corrected chi connectivity index (χ2v) is 15.8. The molecular weight excluding hydrogens is 699 g/mol. The van der Waals surface area contributed by atoms with Gasteiger partial charge in [0.15, 0.2) is 5.82 Å². The van der Waals surface area contributed by atoms with Crippen LogP contribution in [0.15, 0.2) is 54.7 Å². The molecule has 282 valence electrons. The minimum absolute atomic E-state index is 0.0261.